The van der Waals surface area contributed by atoms with Crippen LogP contribution in [0.1, 0.15) is 32.3 Å². The Morgan fingerprint density at radius 3 is 2.47 bits per heavy atom. The Morgan fingerprint density at radius 1 is 1.26 bits per heavy atom. The molecule has 1 aliphatic heterocycles. The summed E-state index contributed by atoms with van der Waals surface area (Å²) in [4.78, 5) is 14.8. The second kappa shape index (κ2) is 6.20. The molecule has 1 aromatic rings. The van der Waals surface area contributed by atoms with Crippen molar-refractivity contribution in [2.24, 2.45) is 5.41 Å². The van der Waals surface area contributed by atoms with Crippen LogP contribution in [-0.2, 0) is 11.3 Å². The maximum atomic E-state index is 12.4. The van der Waals surface area contributed by atoms with Crippen molar-refractivity contribution in [3.63, 3.8) is 0 Å². The van der Waals surface area contributed by atoms with Gasteiger partial charge < -0.3 is 10.2 Å². The molecule has 3 heteroatoms. The predicted molar refractivity (Wildman–Crippen MR) is 77.7 cm³/mol. The summed E-state index contributed by atoms with van der Waals surface area (Å²) in [5.74, 6) is 0.201. The molecule has 1 heterocycles. The maximum Gasteiger partial charge on any atom is 0.226 e. The van der Waals surface area contributed by atoms with Crippen LogP contribution in [-0.4, -0.2) is 30.4 Å². The molecule has 1 aliphatic rings. The Balaban J connectivity index is 1.86. The van der Waals surface area contributed by atoms with E-state index >= 15 is 0 Å². The molecule has 0 unspecified atom stereocenters. The minimum atomic E-state index is -0.194. The molecular formula is C16H24N2O. The number of amides is 1. The van der Waals surface area contributed by atoms with Gasteiger partial charge in [-0.3, -0.25) is 4.79 Å². The summed E-state index contributed by atoms with van der Waals surface area (Å²) < 4.78 is 0. The third kappa shape index (κ3) is 3.57. The normalized spacial score (nSPS) is 19.1. The number of carbonyl (C=O) groups excluding carboxylic acids is 1. The molecule has 2 rings (SSSR count). The molecule has 1 aromatic carbocycles. The van der Waals surface area contributed by atoms with Crippen molar-refractivity contribution >= 4 is 5.91 Å². The van der Waals surface area contributed by atoms with Crippen LogP contribution in [0.2, 0.25) is 0 Å². The average molecular weight is 260 g/mol. The number of hydrogen-bond donors (Lipinski definition) is 1. The Hall–Kier alpha value is -1.35. The number of carbonyl (C=O) groups is 1. The molecular weight excluding hydrogens is 236 g/mol. The van der Waals surface area contributed by atoms with Gasteiger partial charge in [0.2, 0.25) is 5.91 Å². The summed E-state index contributed by atoms with van der Waals surface area (Å²) >= 11 is 0. The van der Waals surface area contributed by atoms with Crippen LogP contribution in [0.25, 0.3) is 0 Å². The first-order chi connectivity index (χ1) is 9.14. The first kappa shape index (κ1) is 14.1. The van der Waals surface area contributed by atoms with Crippen molar-refractivity contribution < 1.29 is 4.79 Å². The zero-order valence-corrected chi connectivity index (χ0v) is 12.0. The minimum absolute atomic E-state index is 0.194. The van der Waals surface area contributed by atoms with Crippen molar-refractivity contribution in [3.8, 4) is 0 Å². The summed E-state index contributed by atoms with van der Waals surface area (Å²) in [6.07, 6.45) is 1.92. The molecule has 1 fully saturated rings. The van der Waals surface area contributed by atoms with Gasteiger partial charge in [-0.15, -0.1) is 0 Å². The van der Waals surface area contributed by atoms with Crippen molar-refractivity contribution in [1.82, 2.24) is 10.2 Å². The summed E-state index contributed by atoms with van der Waals surface area (Å²) in [6, 6.07) is 10.1. The molecule has 3 nitrogen and oxygen atoms in total. The molecule has 0 aromatic heterocycles. The number of hydrogen-bond acceptors (Lipinski definition) is 2. The topological polar surface area (TPSA) is 32.3 Å². The van der Waals surface area contributed by atoms with E-state index in [0.717, 1.165) is 38.0 Å². The molecule has 0 saturated carbocycles. The van der Waals surface area contributed by atoms with Gasteiger partial charge in [-0.1, -0.05) is 44.2 Å². The highest BCUT2D eigenvalue weighted by Crippen LogP contribution is 2.31. The van der Waals surface area contributed by atoms with E-state index in [9.17, 15) is 4.79 Å². The van der Waals surface area contributed by atoms with Crippen LogP contribution in [0.5, 0.6) is 0 Å². The van der Waals surface area contributed by atoms with E-state index in [1.807, 2.05) is 30.3 Å². The fourth-order valence-electron chi connectivity index (χ4n) is 2.58. The lowest BCUT2D eigenvalue weighted by Crippen LogP contribution is -2.47. The number of likely N-dealkylation sites (tertiary alicyclic amines) is 1. The third-order valence-corrected chi connectivity index (χ3v) is 4.25. The summed E-state index contributed by atoms with van der Waals surface area (Å²) in [5.41, 5.74) is 0.964. The molecule has 104 valence electrons. The van der Waals surface area contributed by atoms with Crippen LogP contribution < -0.4 is 5.32 Å². The smallest absolute Gasteiger partial charge is 0.226 e. The monoisotopic (exact) mass is 260 g/mol. The Labute approximate surface area is 116 Å². The van der Waals surface area contributed by atoms with Crippen LogP contribution in [0.3, 0.4) is 0 Å². The quantitative estimate of drug-likeness (QED) is 0.901. The highest BCUT2D eigenvalue weighted by atomic mass is 16.2. The van der Waals surface area contributed by atoms with E-state index in [1.165, 1.54) is 0 Å². The fourth-order valence-corrected chi connectivity index (χ4v) is 2.58. The van der Waals surface area contributed by atoms with Gasteiger partial charge >= 0.3 is 0 Å². The SMILES string of the molecule is CCN1CCC(C)(C(=O)NCc2ccccc2)CC1. The van der Waals surface area contributed by atoms with Crippen molar-refractivity contribution in [1.29, 1.82) is 0 Å². The molecule has 0 bridgehead atoms. The Kier molecular flexibility index (Phi) is 4.59. The lowest BCUT2D eigenvalue weighted by Gasteiger charge is -2.37. The molecule has 0 atom stereocenters. The van der Waals surface area contributed by atoms with Crippen LogP contribution >= 0.6 is 0 Å². The van der Waals surface area contributed by atoms with E-state index in [0.29, 0.717) is 6.54 Å². The van der Waals surface area contributed by atoms with Crippen molar-refractivity contribution in [3.05, 3.63) is 35.9 Å². The Morgan fingerprint density at radius 2 is 1.89 bits per heavy atom. The standard InChI is InChI=1S/C16H24N2O/c1-3-18-11-9-16(2,10-12-18)15(19)17-13-14-7-5-4-6-8-14/h4-8H,3,9-13H2,1-2H3,(H,17,19). The van der Waals surface area contributed by atoms with E-state index in [1.54, 1.807) is 0 Å². The van der Waals surface area contributed by atoms with E-state index in [-0.39, 0.29) is 11.3 Å². The zero-order chi connectivity index (χ0) is 13.7. The van der Waals surface area contributed by atoms with Crippen LogP contribution in [0.4, 0.5) is 0 Å². The number of nitrogens with zero attached hydrogens (tertiary/aromatic N) is 1. The van der Waals surface area contributed by atoms with Crippen molar-refractivity contribution in [2.75, 3.05) is 19.6 Å². The van der Waals surface area contributed by atoms with Gasteiger partial charge in [0.25, 0.3) is 0 Å². The molecule has 1 amide bonds. The van der Waals surface area contributed by atoms with Gasteiger partial charge in [0.05, 0.1) is 0 Å². The molecule has 0 radical (unpaired) electrons. The number of benzene rings is 1. The number of piperidine rings is 1. The summed E-state index contributed by atoms with van der Waals surface area (Å²) in [5, 5.41) is 3.08. The number of rotatable bonds is 4. The van der Waals surface area contributed by atoms with E-state index < -0.39 is 0 Å². The molecule has 1 saturated heterocycles. The minimum Gasteiger partial charge on any atom is -0.352 e. The van der Waals surface area contributed by atoms with Gasteiger partial charge in [-0.25, -0.2) is 0 Å². The van der Waals surface area contributed by atoms with Crippen LogP contribution in [0, 0.1) is 5.41 Å². The molecule has 1 N–H and O–H groups in total. The lowest BCUT2D eigenvalue weighted by atomic mass is 9.79. The summed E-state index contributed by atoms with van der Waals surface area (Å²) in [6.45, 7) is 8.06. The zero-order valence-electron chi connectivity index (χ0n) is 12.0. The van der Waals surface area contributed by atoms with Gasteiger partial charge in [-0.2, -0.15) is 0 Å². The summed E-state index contributed by atoms with van der Waals surface area (Å²) in [7, 11) is 0. The fraction of sp³-hybridized carbons (Fsp3) is 0.562. The van der Waals surface area contributed by atoms with Gasteiger partial charge in [0.15, 0.2) is 0 Å². The van der Waals surface area contributed by atoms with E-state index in [2.05, 4.69) is 24.1 Å². The highest BCUT2D eigenvalue weighted by Gasteiger charge is 2.36. The van der Waals surface area contributed by atoms with Gasteiger partial charge in [0.1, 0.15) is 0 Å². The maximum absolute atomic E-state index is 12.4. The highest BCUT2D eigenvalue weighted by molar-refractivity contribution is 5.82. The van der Waals surface area contributed by atoms with Crippen LogP contribution in [0.15, 0.2) is 30.3 Å². The van der Waals surface area contributed by atoms with Crippen molar-refractivity contribution in [2.45, 2.75) is 33.2 Å². The first-order valence-electron chi connectivity index (χ1n) is 7.18. The van der Waals surface area contributed by atoms with Gasteiger partial charge in [-0.05, 0) is 38.0 Å². The molecule has 19 heavy (non-hydrogen) atoms. The predicted octanol–water partition coefficient (Wildman–Crippen LogP) is 2.42. The number of nitrogens with one attached hydrogen (secondary N) is 1. The largest absolute Gasteiger partial charge is 0.352 e. The second-order valence-corrected chi connectivity index (χ2v) is 5.66. The molecule has 0 spiro atoms. The Bertz CT molecular complexity index is 408. The lowest BCUT2D eigenvalue weighted by molar-refractivity contribution is -0.132. The average Bonchev–Trinajstić information content (AvgIpc) is 2.46. The molecule has 0 aliphatic carbocycles. The van der Waals surface area contributed by atoms with Gasteiger partial charge in [0, 0.05) is 12.0 Å². The first-order valence-corrected chi connectivity index (χ1v) is 7.18. The second-order valence-electron chi connectivity index (χ2n) is 5.66. The van der Waals surface area contributed by atoms with E-state index in [4.69, 9.17) is 0 Å². The third-order valence-electron chi connectivity index (χ3n) is 4.25.